The molecule has 0 aliphatic heterocycles. The zero-order valence-electron chi connectivity index (χ0n) is 11.9. The molecule has 0 saturated carbocycles. The number of halogens is 1. The summed E-state index contributed by atoms with van der Waals surface area (Å²) in [6.45, 7) is 1.77. The van der Waals surface area contributed by atoms with Crippen molar-refractivity contribution in [2.45, 2.75) is 11.8 Å². The Labute approximate surface area is 131 Å². The van der Waals surface area contributed by atoms with Crippen LogP contribution in [0.15, 0.2) is 53.6 Å². The van der Waals surface area contributed by atoms with Crippen LogP contribution in [-0.2, 0) is 10.0 Å². The molecule has 0 aliphatic rings. The highest BCUT2D eigenvalue weighted by atomic mass is 32.2. The molecule has 0 amide bonds. The molecule has 0 N–H and O–H groups in total. The van der Waals surface area contributed by atoms with Gasteiger partial charge in [0.1, 0.15) is 0 Å². The van der Waals surface area contributed by atoms with Crippen molar-refractivity contribution in [1.82, 2.24) is 3.97 Å². The Hall–Kier alpha value is -2.74. The van der Waals surface area contributed by atoms with E-state index in [0.29, 0.717) is 5.52 Å². The first-order valence-corrected chi connectivity index (χ1v) is 8.02. The molecule has 0 spiro atoms. The number of nitrogens with zero attached hydrogens (tertiary/aromatic N) is 2. The fourth-order valence-corrected chi connectivity index (χ4v) is 3.86. The van der Waals surface area contributed by atoms with E-state index in [1.54, 1.807) is 31.2 Å². The summed E-state index contributed by atoms with van der Waals surface area (Å²) in [7, 11) is -4.07. The van der Waals surface area contributed by atoms with Crippen LogP contribution in [0.5, 0.6) is 0 Å². The summed E-state index contributed by atoms with van der Waals surface area (Å²) in [5.41, 5.74) is 0.331. The Balaban J connectivity index is 2.26. The van der Waals surface area contributed by atoms with E-state index < -0.39 is 26.5 Å². The lowest BCUT2D eigenvalue weighted by Gasteiger charge is -2.07. The zero-order valence-corrected chi connectivity index (χ0v) is 12.7. The van der Waals surface area contributed by atoms with Crippen molar-refractivity contribution in [3.63, 3.8) is 0 Å². The van der Waals surface area contributed by atoms with E-state index in [-0.39, 0.29) is 4.90 Å². The maximum Gasteiger partial charge on any atom is 0.306 e. The first-order chi connectivity index (χ1) is 10.8. The summed E-state index contributed by atoms with van der Waals surface area (Å²) in [5, 5.41) is 11.6. The van der Waals surface area contributed by atoms with Crippen LogP contribution in [0.3, 0.4) is 0 Å². The quantitative estimate of drug-likeness (QED) is 0.544. The van der Waals surface area contributed by atoms with Crippen LogP contribution in [0.4, 0.5) is 10.1 Å². The van der Waals surface area contributed by atoms with Gasteiger partial charge in [0.2, 0.25) is 5.82 Å². The molecule has 1 heterocycles. The third kappa shape index (κ3) is 2.36. The molecule has 3 aromatic rings. The lowest BCUT2D eigenvalue weighted by molar-refractivity contribution is -0.387. The minimum absolute atomic E-state index is 0.341. The molecule has 8 heteroatoms. The topological polar surface area (TPSA) is 82.2 Å². The van der Waals surface area contributed by atoms with E-state index in [9.17, 15) is 22.9 Å². The Morgan fingerprint density at radius 2 is 1.87 bits per heavy atom. The number of aryl methyl sites for hydroxylation is 1. The molecular weight excluding hydrogens is 323 g/mol. The smallest absolute Gasteiger partial charge is 0.258 e. The molecule has 0 bridgehead atoms. The average molecular weight is 334 g/mol. The zero-order chi connectivity index (χ0) is 16.8. The van der Waals surface area contributed by atoms with Crippen molar-refractivity contribution in [3.05, 3.63) is 70.2 Å². The molecule has 3 rings (SSSR count). The highest BCUT2D eigenvalue weighted by Gasteiger charge is 2.24. The van der Waals surface area contributed by atoms with Gasteiger partial charge >= 0.3 is 5.69 Å². The number of aromatic nitrogens is 1. The number of hydrogen-bond acceptors (Lipinski definition) is 4. The maximum atomic E-state index is 13.4. The maximum absolute atomic E-state index is 13.4. The number of fused-ring (bicyclic) bond motifs is 1. The van der Waals surface area contributed by atoms with E-state index in [4.69, 9.17) is 0 Å². The van der Waals surface area contributed by atoms with Crippen molar-refractivity contribution in [3.8, 4) is 0 Å². The van der Waals surface area contributed by atoms with Crippen molar-refractivity contribution in [2.75, 3.05) is 0 Å². The minimum Gasteiger partial charge on any atom is -0.258 e. The Kier molecular flexibility index (Phi) is 3.41. The van der Waals surface area contributed by atoms with Crippen LogP contribution < -0.4 is 0 Å². The van der Waals surface area contributed by atoms with Gasteiger partial charge in [-0.1, -0.05) is 18.2 Å². The highest BCUT2D eigenvalue weighted by Crippen LogP contribution is 2.28. The molecule has 118 valence electrons. The number of benzene rings is 2. The van der Waals surface area contributed by atoms with Gasteiger partial charge in [-0.05, 0) is 30.7 Å². The number of hydrogen-bond donors (Lipinski definition) is 0. The van der Waals surface area contributed by atoms with Gasteiger partial charge in [0, 0.05) is 17.6 Å². The summed E-state index contributed by atoms with van der Waals surface area (Å²) in [6.07, 6.45) is 1.44. The van der Waals surface area contributed by atoms with E-state index in [1.807, 2.05) is 0 Å². The fraction of sp³-hybridized carbons (Fsp3) is 0.0667. The van der Waals surface area contributed by atoms with Crippen LogP contribution in [0, 0.1) is 22.9 Å². The van der Waals surface area contributed by atoms with Gasteiger partial charge in [-0.2, -0.15) is 4.39 Å². The standard InChI is InChI=1S/C15H11FN2O4S/c1-10-9-17(14-5-3-2-4-12(10)14)23(21,22)11-6-7-13(16)15(8-11)18(19)20/h2-9H,1H3. The summed E-state index contributed by atoms with van der Waals surface area (Å²) in [5.74, 6) is -1.08. The van der Waals surface area contributed by atoms with E-state index >= 15 is 0 Å². The van der Waals surface area contributed by atoms with Crippen LogP contribution in [0.25, 0.3) is 10.9 Å². The molecule has 23 heavy (non-hydrogen) atoms. The third-order valence-electron chi connectivity index (χ3n) is 3.55. The molecule has 1 aromatic heterocycles. The SMILES string of the molecule is Cc1cn(S(=O)(=O)c2ccc(F)c([N+](=O)[O-])c2)c2ccccc12. The molecule has 6 nitrogen and oxygen atoms in total. The van der Waals surface area contributed by atoms with E-state index in [0.717, 1.165) is 33.1 Å². The van der Waals surface area contributed by atoms with Gasteiger partial charge in [-0.25, -0.2) is 12.4 Å². The van der Waals surface area contributed by atoms with E-state index in [1.165, 1.54) is 6.20 Å². The lowest BCUT2D eigenvalue weighted by Crippen LogP contribution is -2.12. The third-order valence-corrected chi connectivity index (χ3v) is 5.22. The van der Waals surface area contributed by atoms with Crippen molar-refractivity contribution in [1.29, 1.82) is 0 Å². The van der Waals surface area contributed by atoms with Crippen LogP contribution in [-0.4, -0.2) is 17.3 Å². The summed E-state index contributed by atoms with van der Waals surface area (Å²) < 4.78 is 40.0. The second kappa shape index (κ2) is 5.17. The second-order valence-corrected chi connectivity index (χ2v) is 6.82. The summed E-state index contributed by atoms with van der Waals surface area (Å²) in [6, 6.07) is 9.43. The predicted molar refractivity (Wildman–Crippen MR) is 82.3 cm³/mol. The molecule has 0 unspecified atom stereocenters. The number of nitro benzene ring substituents is 1. The second-order valence-electron chi connectivity index (χ2n) is 5.00. The lowest BCUT2D eigenvalue weighted by atomic mass is 10.2. The number of nitro groups is 1. The normalized spacial score (nSPS) is 11.7. The van der Waals surface area contributed by atoms with Gasteiger partial charge in [0.05, 0.1) is 15.3 Å². The number of rotatable bonds is 3. The molecule has 2 aromatic carbocycles. The summed E-state index contributed by atoms with van der Waals surface area (Å²) in [4.78, 5) is 9.53. The highest BCUT2D eigenvalue weighted by molar-refractivity contribution is 7.90. The van der Waals surface area contributed by atoms with Crippen molar-refractivity contribution < 1.29 is 17.7 Å². The van der Waals surface area contributed by atoms with Crippen LogP contribution in [0.2, 0.25) is 0 Å². The van der Waals surface area contributed by atoms with Gasteiger partial charge in [-0.3, -0.25) is 10.1 Å². The monoisotopic (exact) mass is 334 g/mol. The Morgan fingerprint density at radius 1 is 1.17 bits per heavy atom. The fourth-order valence-electron chi connectivity index (χ4n) is 2.42. The van der Waals surface area contributed by atoms with Crippen molar-refractivity contribution in [2.24, 2.45) is 0 Å². The molecule has 0 fully saturated rings. The van der Waals surface area contributed by atoms with Gasteiger partial charge < -0.3 is 0 Å². The molecule has 0 atom stereocenters. The molecule has 0 aliphatic carbocycles. The minimum atomic E-state index is -4.07. The first kappa shape index (κ1) is 15.2. The molecular formula is C15H11FN2O4S. The molecule has 0 saturated heterocycles. The van der Waals surface area contributed by atoms with Gasteiger partial charge in [0.25, 0.3) is 10.0 Å². The van der Waals surface area contributed by atoms with Crippen LogP contribution in [0.1, 0.15) is 5.56 Å². The largest absolute Gasteiger partial charge is 0.306 e. The average Bonchev–Trinajstić information content (AvgIpc) is 2.85. The van der Waals surface area contributed by atoms with Crippen molar-refractivity contribution >= 4 is 26.6 Å². The Morgan fingerprint density at radius 3 is 2.57 bits per heavy atom. The predicted octanol–water partition coefficient (Wildman–Crippen LogP) is 3.23. The first-order valence-electron chi connectivity index (χ1n) is 6.58. The Bertz CT molecular complexity index is 1040. The molecule has 0 radical (unpaired) electrons. The van der Waals surface area contributed by atoms with Gasteiger partial charge in [-0.15, -0.1) is 0 Å². The number of para-hydroxylation sites is 1. The summed E-state index contributed by atoms with van der Waals surface area (Å²) >= 11 is 0. The van der Waals surface area contributed by atoms with Gasteiger partial charge in [0.15, 0.2) is 0 Å². The van der Waals surface area contributed by atoms with E-state index in [2.05, 4.69) is 0 Å². The van der Waals surface area contributed by atoms with Crippen LogP contribution >= 0.6 is 0 Å².